The van der Waals surface area contributed by atoms with Crippen molar-refractivity contribution in [3.63, 3.8) is 0 Å². The lowest BCUT2D eigenvalue weighted by Crippen LogP contribution is -2.32. The lowest BCUT2D eigenvalue weighted by atomic mass is 10.1. The molecule has 0 aliphatic carbocycles. The molecule has 1 aromatic carbocycles. The predicted octanol–water partition coefficient (Wildman–Crippen LogP) is 3.51. The minimum atomic E-state index is -0.976. The fourth-order valence-electron chi connectivity index (χ4n) is 1.49. The SMILES string of the molecule is COc1cc(F)c(F)cc1C=CCNC(=O)OC(C)(C)C. The van der Waals surface area contributed by atoms with Crippen LogP contribution in [0.5, 0.6) is 5.75 Å². The Morgan fingerprint density at radius 3 is 2.48 bits per heavy atom. The fourth-order valence-corrected chi connectivity index (χ4v) is 1.49. The van der Waals surface area contributed by atoms with Crippen LogP contribution in [0.25, 0.3) is 6.08 Å². The van der Waals surface area contributed by atoms with Crippen LogP contribution in [-0.4, -0.2) is 25.3 Å². The second-order valence-corrected chi connectivity index (χ2v) is 5.29. The van der Waals surface area contributed by atoms with Crippen LogP contribution in [0.2, 0.25) is 0 Å². The van der Waals surface area contributed by atoms with Gasteiger partial charge in [-0.25, -0.2) is 13.6 Å². The highest BCUT2D eigenvalue weighted by atomic mass is 19.2. The number of nitrogens with one attached hydrogen (secondary N) is 1. The fraction of sp³-hybridized carbons (Fsp3) is 0.400. The summed E-state index contributed by atoms with van der Waals surface area (Å²) in [5, 5.41) is 2.52. The molecule has 21 heavy (non-hydrogen) atoms. The van der Waals surface area contributed by atoms with E-state index in [9.17, 15) is 13.6 Å². The van der Waals surface area contributed by atoms with Crippen LogP contribution in [0, 0.1) is 11.6 Å². The summed E-state index contributed by atoms with van der Waals surface area (Å²) in [5.74, 6) is -1.73. The number of halogens is 2. The first-order chi connectivity index (χ1) is 9.73. The van der Waals surface area contributed by atoms with E-state index in [-0.39, 0.29) is 12.3 Å². The first-order valence-electron chi connectivity index (χ1n) is 6.39. The largest absolute Gasteiger partial charge is 0.496 e. The molecule has 6 heteroatoms. The molecule has 0 saturated heterocycles. The van der Waals surface area contributed by atoms with Crippen molar-refractivity contribution in [3.8, 4) is 5.75 Å². The molecule has 0 aromatic heterocycles. The Morgan fingerprint density at radius 2 is 1.90 bits per heavy atom. The topological polar surface area (TPSA) is 47.6 Å². The summed E-state index contributed by atoms with van der Waals surface area (Å²) in [7, 11) is 1.36. The van der Waals surface area contributed by atoms with Gasteiger partial charge in [0.15, 0.2) is 11.6 Å². The number of carbonyl (C=O) groups excluding carboxylic acids is 1. The maximum atomic E-state index is 13.2. The molecule has 0 unspecified atom stereocenters. The minimum absolute atomic E-state index is 0.192. The Labute approximate surface area is 122 Å². The molecule has 0 spiro atoms. The van der Waals surface area contributed by atoms with Gasteiger partial charge in [-0.2, -0.15) is 0 Å². The van der Waals surface area contributed by atoms with Gasteiger partial charge < -0.3 is 14.8 Å². The van der Waals surface area contributed by atoms with Crippen LogP contribution < -0.4 is 10.1 Å². The van der Waals surface area contributed by atoms with E-state index in [0.717, 1.165) is 12.1 Å². The van der Waals surface area contributed by atoms with Crippen LogP contribution >= 0.6 is 0 Å². The Kier molecular flexibility index (Phi) is 5.69. The maximum Gasteiger partial charge on any atom is 0.407 e. The molecule has 0 aliphatic rings. The average molecular weight is 299 g/mol. The van der Waals surface area contributed by atoms with Gasteiger partial charge in [-0.05, 0) is 26.8 Å². The zero-order chi connectivity index (χ0) is 16.0. The summed E-state index contributed by atoms with van der Waals surface area (Å²) in [4.78, 5) is 11.4. The Hall–Kier alpha value is -2.11. The molecule has 0 bridgehead atoms. The molecule has 1 aromatic rings. The number of carbonyl (C=O) groups is 1. The van der Waals surface area contributed by atoms with Crippen LogP contribution in [0.1, 0.15) is 26.3 Å². The highest BCUT2D eigenvalue weighted by Gasteiger charge is 2.15. The molecular weight excluding hydrogens is 280 g/mol. The first-order valence-corrected chi connectivity index (χ1v) is 6.39. The quantitative estimate of drug-likeness (QED) is 0.925. The smallest absolute Gasteiger partial charge is 0.407 e. The summed E-state index contributed by atoms with van der Waals surface area (Å²) in [6.45, 7) is 5.47. The summed E-state index contributed by atoms with van der Waals surface area (Å²) in [6.07, 6.45) is 2.56. The number of hydrogen-bond acceptors (Lipinski definition) is 3. The van der Waals surface area contributed by atoms with Crippen molar-refractivity contribution in [2.45, 2.75) is 26.4 Å². The van der Waals surface area contributed by atoms with Crippen molar-refractivity contribution >= 4 is 12.2 Å². The highest BCUT2D eigenvalue weighted by Crippen LogP contribution is 2.23. The van der Waals surface area contributed by atoms with E-state index in [1.807, 2.05) is 0 Å². The Morgan fingerprint density at radius 1 is 1.29 bits per heavy atom. The first kappa shape index (κ1) is 16.9. The molecule has 0 fully saturated rings. The molecule has 1 N–H and O–H groups in total. The molecule has 4 nitrogen and oxygen atoms in total. The Balaban J connectivity index is 2.62. The van der Waals surface area contributed by atoms with Crippen molar-refractivity contribution in [3.05, 3.63) is 35.4 Å². The third-order valence-corrected chi connectivity index (χ3v) is 2.33. The van der Waals surface area contributed by atoms with E-state index < -0.39 is 23.3 Å². The molecule has 116 valence electrons. The van der Waals surface area contributed by atoms with Gasteiger partial charge >= 0.3 is 6.09 Å². The normalized spacial score (nSPS) is 11.5. The minimum Gasteiger partial charge on any atom is -0.496 e. The Bertz CT molecular complexity index is 536. The van der Waals surface area contributed by atoms with Crippen LogP contribution in [0.4, 0.5) is 13.6 Å². The third-order valence-electron chi connectivity index (χ3n) is 2.33. The van der Waals surface area contributed by atoms with Crippen molar-refractivity contribution in [2.24, 2.45) is 0 Å². The van der Waals surface area contributed by atoms with E-state index in [2.05, 4.69) is 5.32 Å². The van der Waals surface area contributed by atoms with Crippen LogP contribution in [0.15, 0.2) is 18.2 Å². The average Bonchev–Trinajstić information content (AvgIpc) is 2.36. The summed E-state index contributed by atoms with van der Waals surface area (Å²) in [6, 6.07) is 1.99. The molecule has 0 saturated carbocycles. The summed E-state index contributed by atoms with van der Waals surface area (Å²) >= 11 is 0. The summed E-state index contributed by atoms with van der Waals surface area (Å²) in [5.41, 5.74) is -0.195. The number of ether oxygens (including phenoxy) is 2. The van der Waals surface area contributed by atoms with Gasteiger partial charge in [0.25, 0.3) is 0 Å². The van der Waals surface area contributed by atoms with Gasteiger partial charge in [0.1, 0.15) is 11.4 Å². The predicted molar refractivity (Wildman–Crippen MR) is 76.2 cm³/mol. The molecule has 0 aliphatic heterocycles. The lowest BCUT2D eigenvalue weighted by Gasteiger charge is -2.19. The van der Waals surface area contributed by atoms with E-state index >= 15 is 0 Å². The molecule has 0 radical (unpaired) electrons. The van der Waals surface area contributed by atoms with Gasteiger partial charge in [-0.15, -0.1) is 0 Å². The summed E-state index contributed by atoms with van der Waals surface area (Å²) < 4.78 is 36.2. The maximum absolute atomic E-state index is 13.2. The number of alkyl carbamates (subject to hydrolysis) is 1. The molecule has 1 amide bonds. The van der Waals surface area contributed by atoms with E-state index in [1.54, 1.807) is 26.8 Å². The van der Waals surface area contributed by atoms with Crippen molar-refractivity contribution < 1.29 is 23.0 Å². The van der Waals surface area contributed by atoms with E-state index in [4.69, 9.17) is 9.47 Å². The number of hydrogen-bond donors (Lipinski definition) is 1. The lowest BCUT2D eigenvalue weighted by molar-refractivity contribution is 0.0534. The van der Waals surface area contributed by atoms with Gasteiger partial charge in [0.05, 0.1) is 7.11 Å². The van der Waals surface area contributed by atoms with Crippen molar-refractivity contribution in [2.75, 3.05) is 13.7 Å². The molecular formula is C15H19F2NO3. The van der Waals surface area contributed by atoms with Gasteiger partial charge in [0.2, 0.25) is 0 Å². The van der Waals surface area contributed by atoms with Crippen molar-refractivity contribution in [1.29, 1.82) is 0 Å². The standard InChI is InChI=1S/C15H19F2NO3/c1-15(2,3)21-14(19)18-7-5-6-10-8-11(16)12(17)9-13(10)20-4/h5-6,8-9H,7H2,1-4H3,(H,18,19). The van der Waals surface area contributed by atoms with Crippen molar-refractivity contribution in [1.82, 2.24) is 5.32 Å². The van der Waals surface area contributed by atoms with Gasteiger partial charge in [-0.1, -0.05) is 12.2 Å². The van der Waals surface area contributed by atoms with Gasteiger partial charge in [-0.3, -0.25) is 0 Å². The monoisotopic (exact) mass is 299 g/mol. The van der Waals surface area contributed by atoms with Crippen LogP contribution in [-0.2, 0) is 4.74 Å². The molecule has 0 atom stereocenters. The number of amides is 1. The van der Waals surface area contributed by atoms with E-state index in [0.29, 0.717) is 5.56 Å². The highest BCUT2D eigenvalue weighted by molar-refractivity contribution is 5.68. The molecule has 0 heterocycles. The third kappa shape index (κ3) is 5.81. The number of rotatable bonds is 4. The van der Waals surface area contributed by atoms with E-state index in [1.165, 1.54) is 13.2 Å². The second kappa shape index (κ2) is 7.06. The number of benzene rings is 1. The molecule has 1 rings (SSSR count). The zero-order valence-electron chi connectivity index (χ0n) is 12.5. The van der Waals surface area contributed by atoms with Crippen LogP contribution in [0.3, 0.4) is 0 Å². The zero-order valence-corrected chi connectivity index (χ0v) is 12.5. The number of methoxy groups -OCH3 is 1. The van der Waals surface area contributed by atoms with Gasteiger partial charge in [0, 0.05) is 18.2 Å². The second-order valence-electron chi connectivity index (χ2n) is 5.29.